The van der Waals surface area contributed by atoms with Crippen molar-refractivity contribution in [2.75, 3.05) is 19.6 Å². The van der Waals surface area contributed by atoms with Crippen LogP contribution in [0.3, 0.4) is 0 Å². The molecule has 1 saturated carbocycles. The first-order valence-electron chi connectivity index (χ1n) is 12.0. The quantitative estimate of drug-likeness (QED) is 0.595. The molecule has 1 aromatic heterocycles. The number of aromatic nitrogens is 1. The van der Waals surface area contributed by atoms with Gasteiger partial charge in [0.25, 0.3) is 5.91 Å². The van der Waals surface area contributed by atoms with Crippen molar-refractivity contribution >= 4 is 26.8 Å². The molecule has 7 nitrogen and oxygen atoms in total. The minimum absolute atomic E-state index is 0.0571. The van der Waals surface area contributed by atoms with E-state index >= 15 is 0 Å². The Morgan fingerprint density at radius 2 is 1.79 bits per heavy atom. The third kappa shape index (κ3) is 4.58. The number of carbonyl (C=O) groups is 1. The molecule has 2 aromatic carbocycles. The maximum Gasteiger partial charge on any atom is 0.273 e. The number of piperazine rings is 1. The van der Waals surface area contributed by atoms with Crippen LogP contribution in [0.5, 0.6) is 0 Å². The number of carbonyl (C=O) groups excluding carboxylic acids is 1. The van der Waals surface area contributed by atoms with Gasteiger partial charge in [0.15, 0.2) is 0 Å². The van der Waals surface area contributed by atoms with Crippen molar-refractivity contribution in [3.8, 4) is 0 Å². The lowest BCUT2D eigenvalue weighted by Crippen LogP contribution is -2.49. The average molecular weight is 479 g/mol. The summed E-state index contributed by atoms with van der Waals surface area (Å²) in [5, 5.41) is 9.47. The Bertz CT molecular complexity index is 1300. The molecule has 1 aliphatic carbocycles. The predicted molar refractivity (Wildman–Crippen MR) is 132 cm³/mol. The maximum atomic E-state index is 14.0. The minimum atomic E-state index is -3.82. The highest BCUT2D eigenvalue weighted by Crippen LogP contribution is 2.37. The summed E-state index contributed by atoms with van der Waals surface area (Å²) in [6.07, 6.45) is 5.45. The van der Waals surface area contributed by atoms with Crippen molar-refractivity contribution in [1.82, 2.24) is 15.2 Å². The number of fused-ring (bicyclic) bond motifs is 1. The fourth-order valence-electron chi connectivity index (χ4n) is 5.30. The number of hydrogen-bond donors (Lipinski definition) is 2. The second kappa shape index (κ2) is 9.44. The molecular weight excluding hydrogens is 448 g/mol. The van der Waals surface area contributed by atoms with Gasteiger partial charge in [0, 0.05) is 25.0 Å². The first kappa shape index (κ1) is 23.0. The van der Waals surface area contributed by atoms with Gasteiger partial charge in [0.1, 0.15) is 5.69 Å². The standard InChI is InChI=1S/C26H30N4O3S/c27-34(32,33)21-11-12-23-20(15-21)16-22(18-7-3-1-4-8-18)25(29-23)26(31)30-14-13-28-17-24(30)19-9-5-2-6-10-19/h2,5-6,9-12,15-16,18,24,28H,1,3-4,7-8,13-14,17H2,(H2,27,32,33). The minimum Gasteiger partial charge on any atom is -0.328 e. The van der Waals surface area contributed by atoms with Gasteiger partial charge < -0.3 is 10.2 Å². The highest BCUT2D eigenvalue weighted by Gasteiger charge is 2.32. The topological polar surface area (TPSA) is 105 Å². The summed E-state index contributed by atoms with van der Waals surface area (Å²) >= 11 is 0. The van der Waals surface area contributed by atoms with Gasteiger partial charge in [0.05, 0.1) is 16.5 Å². The number of nitrogens with one attached hydrogen (secondary N) is 1. The zero-order valence-corrected chi connectivity index (χ0v) is 19.9. The number of amides is 1. The van der Waals surface area contributed by atoms with E-state index in [4.69, 9.17) is 10.1 Å². The Balaban J connectivity index is 1.61. The molecule has 1 aliphatic heterocycles. The van der Waals surface area contributed by atoms with Crippen LogP contribution in [-0.2, 0) is 10.0 Å². The van der Waals surface area contributed by atoms with Crippen LogP contribution in [0.25, 0.3) is 10.9 Å². The van der Waals surface area contributed by atoms with Crippen LogP contribution in [0.1, 0.15) is 65.7 Å². The van der Waals surface area contributed by atoms with Crippen molar-refractivity contribution in [2.45, 2.75) is 49.0 Å². The van der Waals surface area contributed by atoms with Crippen molar-refractivity contribution < 1.29 is 13.2 Å². The molecule has 1 atom stereocenters. The average Bonchev–Trinajstić information content (AvgIpc) is 2.87. The van der Waals surface area contributed by atoms with E-state index in [2.05, 4.69) is 17.4 Å². The summed E-state index contributed by atoms with van der Waals surface area (Å²) in [5.74, 6) is 0.175. The molecule has 5 rings (SSSR count). The Kier molecular flexibility index (Phi) is 6.38. The molecule has 3 aromatic rings. The Labute approximate surface area is 200 Å². The molecule has 2 aliphatic rings. The molecule has 2 heterocycles. The lowest BCUT2D eigenvalue weighted by Gasteiger charge is -2.37. The monoisotopic (exact) mass is 478 g/mol. The van der Waals surface area contributed by atoms with Gasteiger partial charge in [-0.05, 0) is 54.2 Å². The normalized spacial score (nSPS) is 19.9. The lowest BCUT2D eigenvalue weighted by atomic mass is 9.82. The summed E-state index contributed by atoms with van der Waals surface area (Å²) in [4.78, 5) is 20.9. The van der Waals surface area contributed by atoms with Gasteiger partial charge in [-0.2, -0.15) is 0 Å². The van der Waals surface area contributed by atoms with Crippen molar-refractivity contribution in [3.05, 3.63) is 71.4 Å². The molecule has 178 valence electrons. The summed E-state index contributed by atoms with van der Waals surface area (Å²) in [7, 11) is -3.82. The SMILES string of the molecule is NS(=O)(=O)c1ccc2nc(C(=O)N3CCNCC3c3ccccc3)c(C3CCCCC3)cc2c1. The van der Waals surface area contributed by atoms with Crippen LogP contribution in [0, 0.1) is 0 Å². The van der Waals surface area contributed by atoms with Gasteiger partial charge in [-0.25, -0.2) is 18.5 Å². The number of sulfonamides is 1. The smallest absolute Gasteiger partial charge is 0.273 e. The van der Waals surface area contributed by atoms with E-state index < -0.39 is 10.0 Å². The molecule has 3 N–H and O–H groups in total. The fourth-order valence-corrected chi connectivity index (χ4v) is 5.85. The van der Waals surface area contributed by atoms with E-state index in [1.165, 1.54) is 12.5 Å². The molecule has 2 fully saturated rings. The molecule has 34 heavy (non-hydrogen) atoms. The van der Waals surface area contributed by atoms with E-state index in [1.54, 1.807) is 12.1 Å². The number of nitrogens with two attached hydrogens (primary N) is 1. The number of hydrogen-bond acceptors (Lipinski definition) is 5. The summed E-state index contributed by atoms with van der Waals surface area (Å²) < 4.78 is 23.8. The van der Waals surface area contributed by atoms with Crippen molar-refractivity contribution in [1.29, 1.82) is 0 Å². The van der Waals surface area contributed by atoms with Gasteiger partial charge >= 0.3 is 0 Å². The molecule has 8 heteroatoms. The molecule has 1 amide bonds. The van der Waals surface area contributed by atoms with Gasteiger partial charge in [0.2, 0.25) is 10.0 Å². The van der Waals surface area contributed by atoms with Crippen LogP contribution < -0.4 is 10.5 Å². The number of rotatable bonds is 4. The second-order valence-electron chi connectivity index (χ2n) is 9.29. The van der Waals surface area contributed by atoms with Gasteiger partial charge in [-0.3, -0.25) is 4.79 Å². The van der Waals surface area contributed by atoms with E-state index in [9.17, 15) is 13.2 Å². The Morgan fingerprint density at radius 3 is 2.53 bits per heavy atom. The molecule has 0 radical (unpaired) electrons. The second-order valence-corrected chi connectivity index (χ2v) is 10.9. The highest BCUT2D eigenvalue weighted by molar-refractivity contribution is 7.89. The van der Waals surface area contributed by atoms with Crippen molar-refractivity contribution in [2.24, 2.45) is 5.14 Å². The highest BCUT2D eigenvalue weighted by atomic mass is 32.2. The molecule has 1 saturated heterocycles. The lowest BCUT2D eigenvalue weighted by molar-refractivity contribution is 0.0626. The van der Waals surface area contributed by atoms with E-state index in [0.29, 0.717) is 29.7 Å². The van der Waals surface area contributed by atoms with Crippen LogP contribution in [0.4, 0.5) is 0 Å². The third-order valence-corrected chi connectivity index (χ3v) is 7.99. The first-order chi connectivity index (χ1) is 16.4. The largest absolute Gasteiger partial charge is 0.328 e. The molecular formula is C26H30N4O3S. The summed E-state index contributed by atoms with van der Waals surface area (Å²) in [6, 6.07) is 16.7. The van der Waals surface area contributed by atoms with Crippen molar-refractivity contribution in [3.63, 3.8) is 0 Å². The van der Waals surface area contributed by atoms with Gasteiger partial charge in [-0.15, -0.1) is 0 Å². The molecule has 1 unspecified atom stereocenters. The van der Waals surface area contributed by atoms with E-state index in [1.807, 2.05) is 29.2 Å². The van der Waals surface area contributed by atoms with Crippen LogP contribution >= 0.6 is 0 Å². The fraction of sp³-hybridized carbons (Fsp3) is 0.385. The molecule has 0 spiro atoms. The summed E-state index contributed by atoms with van der Waals surface area (Å²) in [6.45, 7) is 2.03. The number of benzene rings is 2. The third-order valence-electron chi connectivity index (χ3n) is 7.08. The maximum absolute atomic E-state index is 14.0. The zero-order valence-electron chi connectivity index (χ0n) is 19.1. The zero-order chi connectivity index (χ0) is 23.7. The summed E-state index contributed by atoms with van der Waals surface area (Å²) in [5.41, 5.74) is 3.11. The first-order valence-corrected chi connectivity index (χ1v) is 13.5. The van der Waals surface area contributed by atoms with E-state index in [-0.39, 0.29) is 22.8 Å². The van der Waals surface area contributed by atoms with Crippen LogP contribution in [0.2, 0.25) is 0 Å². The number of primary sulfonamides is 1. The Hall–Kier alpha value is -2.81. The number of nitrogens with zero attached hydrogens (tertiary/aromatic N) is 2. The Morgan fingerprint density at radius 1 is 1.03 bits per heavy atom. The van der Waals surface area contributed by atoms with Crippen LogP contribution in [0.15, 0.2) is 59.5 Å². The predicted octanol–water partition coefficient (Wildman–Crippen LogP) is 3.72. The van der Waals surface area contributed by atoms with Gasteiger partial charge in [-0.1, -0.05) is 49.6 Å². The van der Waals surface area contributed by atoms with Crippen LogP contribution in [-0.4, -0.2) is 43.8 Å². The van der Waals surface area contributed by atoms with E-state index in [0.717, 1.165) is 43.4 Å². The number of pyridine rings is 1. The molecule has 0 bridgehead atoms.